The summed E-state index contributed by atoms with van der Waals surface area (Å²) in [5, 5.41) is 5.36. The summed E-state index contributed by atoms with van der Waals surface area (Å²) in [6, 6.07) is 4.18. The third-order valence-corrected chi connectivity index (χ3v) is 4.49. The Morgan fingerprint density at radius 2 is 2.24 bits per heavy atom. The van der Waals surface area contributed by atoms with E-state index in [-0.39, 0.29) is 0 Å². The summed E-state index contributed by atoms with van der Waals surface area (Å²) in [6.07, 6.45) is 0.813. The molecule has 2 aromatic heterocycles. The average Bonchev–Trinajstić information content (AvgIpc) is 2.78. The highest BCUT2D eigenvalue weighted by molar-refractivity contribution is 14.1. The van der Waals surface area contributed by atoms with Crippen molar-refractivity contribution < 1.29 is 0 Å². The van der Waals surface area contributed by atoms with E-state index in [0.717, 1.165) is 33.9 Å². The highest BCUT2D eigenvalue weighted by Crippen LogP contribution is 2.20. The molecule has 0 aliphatic carbocycles. The quantitative estimate of drug-likeness (QED) is 0.850. The number of aromatic nitrogens is 2. The van der Waals surface area contributed by atoms with Gasteiger partial charge >= 0.3 is 0 Å². The van der Waals surface area contributed by atoms with Crippen molar-refractivity contribution >= 4 is 39.7 Å². The minimum atomic E-state index is 0.813. The molecular weight excluding hydrogens is 345 g/mol. The first kappa shape index (κ1) is 12.8. The summed E-state index contributed by atoms with van der Waals surface area (Å²) < 4.78 is 1.11. The molecule has 2 rings (SSSR count). The Balaban J connectivity index is 2.28. The fourth-order valence-corrected chi connectivity index (χ4v) is 2.68. The molecule has 0 bridgehead atoms. The number of anilines is 1. The molecule has 0 atom stereocenters. The molecule has 0 spiro atoms. The molecule has 5 heteroatoms. The third-order valence-electron chi connectivity index (χ3n) is 2.32. The van der Waals surface area contributed by atoms with E-state index < -0.39 is 0 Å². The molecule has 0 unspecified atom stereocenters. The Labute approximate surface area is 119 Å². The van der Waals surface area contributed by atoms with Crippen LogP contribution in [0.4, 0.5) is 5.82 Å². The van der Waals surface area contributed by atoms with Crippen molar-refractivity contribution in [3.8, 4) is 0 Å². The molecule has 2 heterocycles. The van der Waals surface area contributed by atoms with Gasteiger partial charge in [0.25, 0.3) is 0 Å². The lowest BCUT2D eigenvalue weighted by Gasteiger charge is -2.09. The summed E-state index contributed by atoms with van der Waals surface area (Å²) >= 11 is 4.03. The maximum absolute atomic E-state index is 4.57. The molecule has 3 nitrogen and oxygen atoms in total. The van der Waals surface area contributed by atoms with Crippen molar-refractivity contribution in [1.82, 2.24) is 9.97 Å². The van der Waals surface area contributed by atoms with E-state index in [1.165, 1.54) is 4.88 Å². The molecule has 90 valence electrons. The van der Waals surface area contributed by atoms with Gasteiger partial charge in [0, 0.05) is 17.8 Å². The molecule has 0 aliphatic heterocycles. The normalized spacial score (nSPS) is 10.5. The van der Waals surface area contributed by atoms with Crippen molar-refractivity contribution in [2.45, 2.75) is 20.3 Å². The van der Waals surface area contributed by atoms with Crippen molar-refractivity contribution in [3.63, 3.8) is 0 Å². The Morgan fingerprint density at radius 3 is 2.88 bits per heavy atom. The van der Waals surface area contributed by atoms with Gasteiger partial charge in [-0.3, -0.25) is 0 Å². The minimum Gasteiger partial charge on any atom is -0.369 e. The number of hydrogen-bond acceptors (Lipinski definition) is 4. The molecule has 0 saturated heterocycles. The molecule has 0 saturated carbocycles. The lowest BCUT2D eigenvalue weighted by atomic mass is 10.3. The first-order chi connectivity index (χ1) is 8.20. The van der Waals surface area contributed by atoms with Crippen LogP contribution in [0.3, 0.4) is 0 Å². The van der Waals surface area contributed by atoms with Crippen molar-refractivity contribution in [1.29, 1.82) is 0 Å². The predicted octanol–water partition coefficient (Wildman–Crippen LogP) is 3.47. The molecule has 0 aromatic carbocycles. The molecule has 0 amide bonds. The number of rotatable bonds is 4. The van der Waals surface area contributed by atoms with E-state index in [4.69, 9.17) is 0 Å². The standard InChI is InChI=1S/C12H14IN3S/c1-3-14-12-11(13)8(2)15-10(16-12)7-9-5-4-6-17-9/h4-6H,3,7H2,1-2H3,(H,14,15,16). The van der Waals surface area contributed by atoms with E-state index in [0.29, 0.717) is 0 Å². The lowest BCUT2D eigenvalue weighted by Crippen LogP contribution is -2.08. The molecule has 17 heavy (non-hydrogen) atoms. The van der Waals surface area contributed by atoms with E-state index >= 15 is 0 Å². The zero-order valence-electron chi connectivity index (χ0n) is 9.83. The topological polar surface area (TPSA) is 37.8 Å². The minimum absolute atomic E-state index is 0.813. The lowest BCUT2D eigenvalue weighted by molar-refractivity contribution is 0.938. The average molecular weight is 359 g/mol. The van der Waals surface area contributed by atoms with Crippen molar-refractivity contribution in [2.24, 2.45) is 0 Å². The van der Waals surface area contributed by atoms with Crippen LogP contribution >= 0.6 is 33.9 Å². The zero-order chi connectivity index (χ0) is 12.3. The van der Waals surface area contributed by atoms with Crippen LogP contribution in [-0.2, 0) is 6.42 Å². The maximum atomic E-state index is 4.57. The summed E-state index contributed by atoms with van der Waals surface area (Å²) in [7, 11) is 0. The number of thiophene rings is 1. The fraction of sp³-hybridized carbons (Fsp3) is 0.333. The van der Waals surface area contributed by atoms with E-state index in [1.54, 1.807) is 11.3 Å². The SMILES string of the molecule is CCNc1nc(Cc2cccs2)nc(C)c1I. The van der Waals surface area contributed by atoms with Gasteiger partial charge in [0.05, 0.1) is 9.26 Å². The summed E-state index contributed by atoms with van der Waals surface area (Å²) in [5.74, 6) is 1.84. The van der Waals surface area contributed by atoms with Crippen LogP contribution in [0.25, 0.3) is 0 Å². The van der Waals surface area contributed by atoms with Gasteiger partial charge in [0.15, 0.2) is 0 Å². The van der Waals surface area contributed by atoms with Crippen LogP contribution in [0, 0.1) is 10.5 Å². The number of hydrogen-bond donors (Lipinski definition) is 1. The van der Waals surface area contributed by atoms with Gasteiger partial charge in [-0.15, -0.1) is 11.3 Å². The van der Waals surface area contributed by atoms with Crippen molar-refractivity contribution in [3.05, 3.63) is 37.5 Å². The van der Waals surface area contributed by atoms with Crippen LogP contribution in [0.5, 0.6) is 0 Å². The van der Waals surface area contributed by atoms with Gasteiger partial charge in [-0.2, -0.15) is 0 Å². The second-order valence-corrected chi connectivity index (χ2v) is 5.79. The molecule has 0 aliphatic rings. The first-order valence-corrected chi connectivity index (χ1v) is 7.45. The number of halogens is 1. The molecular formula is C12H14IN3S. The zero-order valence-corrected chi connectivity index (χ0v) is 12.8. The Hall–Kier alpha value is -0.690. The molecule has 1 N–H and O–H groups in total. The monoisotopic (exact) mass is 359 g/mol. The maximum Gasteiger partial charge on any atom is 0.143 e. The number of aryl methyl sites for hydroxylation is 1. The Kier molecular flexibility index (Phi) is 4.33. The number of nitrogens with zero attached hydrogens (tertiary/aromatic N) is 2. The predicted molar refractivity (Wildman–Crippen MR) is 80.8 cm³/mol. The summed E-state index contributed by atoms with van der Waals surface area (Å²) in [6.45, 7) is 4.99. The van der Waals surface area contributed by atoms with Gasteiger partial charge in [0.1, 0.15) is 11.6 Å². The van der Waals surface area contributed by atoms with Gasteiger partial charge in [-0.25, -0.2) is 9.97 Å². The van der Waals surface area contributed by atoms with Crippen LogP contribution in [0.15, 0.2) is 17.5 Å². The van der Waals surface area contributed by atoms with Crippen molar-refractivity contribution in [2.75, 3.05) is 11.9 Å². The van der Waals surface area contributed by atoms with Gasteiger partial charge in [-0.05, 0) is 47.9 Å². The van der Waals surface area contributed by atoms with Crippen LogP contribution in [0.1, 0.15) is 23.3 Å². The second-order valence-electron chi connectivity index (χ2n) is 3.67. The highest BCUT2D eigenvalue weighted by Gasteiger charge is 2.09. The smallest absolute Gasteiger partial charge is 0.143 e. The van der Waals surface area contributed by atoms with E-state index in [1.807, 2.05) is 6.92 Å². The molecule has 0 fully saturated rings. The Morgan fingerprint density at radius 1 is 1.41 bits per heavy atom. The Bertz CT molecular complexity index is 497. The van der Waals surface area contributed by atoms with Crippen LogP contribution in [0.2, 0.25) is 0 Å². The number of nitrogens with one attached hydrogen (secondary N) is 1. The highest BCUT2D eigenvalue weighted by atomic mass is 127. The van der Waals surface area contributed by atoms with Gasteiger partial charge in [0.2, 0.25) is 0 Å². The van der Waals surface area contributed by atoms with Crippen LogP contribution < -0.4 is 5.32 Å². The largest absolute Gasteiger partial charge is 0.369 e. The summed E-state index contributed by atoms with van der Waals surface area (Å²) in [4.78, 5) is 10.4. The fourth-order valence-electron chi connectivity index (χ4n) is 1.55. The molecule has 0 radical (unpaired) electrons. The summed E-state index contributed by atoms with van der Waals surface area (Å²) in [5.41, 5.74) is 1.04. The van der Waals surface area contributed by atoms with Crippen LogP contribution in [-0.4, -0.2) is 16.5 Å². The van der Waals surface area contributed by atoms with E-state index in [9.17, 15) is 0 Å². The first-order valence-electron chi connectivity index (χ1n) is 5.50. The molecule has 2 aromatic rings. The second kappa shape index (κ2) is 5.77. The van der Waals surface area contributed by atoms with Gasteiger partial charge < -0.3 is 5.32 Å². The van der Waals surface area contributed by atoms with Gasteiger partial charge in [-0.1, -0.05) is 6.07 Å². The van der Waals surface area contributed by atoms with E-state index in [2.05, 4.69) is 62.3 Å². The third kappa shape index (κ3) is 3.16.